The topological polar surface area (TPSA) is 97.1 Å². The van der Waals surface area contributed by atoms with Gasteiger partial charge in [0.15, 0.2) is 0 Å². The normalized spacial score (nSPS) is 14.4. The Morgan fingerprint density at radius 3 is 2.62 bits per heavy atom. The van der Waals surface area contributed by atoms with Crippen LogP contribution in [0.1, 0.15) is 67.5 Å². The van der Waals surface area contributed by atoms with E-state index in [0.29, 0.717) is 17.5 Å². The second-order valence-electron chi connectivity index (χ2n) is 8.23. The molecule has 1 fully saturated rings. The van der Waals surface area contributed by atoms with Crippen LogP contribution in [-0.4, -0.2) is 33.9 Å². The molecule has 4 rings (SSSR count). The van der Waals surface area contributed by atoms with Crippen LogP contribution in [0.4, 0.5) is 0 Å². The van der Waals surface area contributed by atoms with Gasteiger partial charge in [-0.25, -0.2) is 9.97 Å². The van der Waals surface area contributed by atoms with Crippen molar-refractivity contribution in [3.8, 4) is 22.0 Å². The molecule has 1 saturated carbocycles. The number of carbonyl (C=O) groups is 2. The third-order valence-electron chi connectivity index (χ3n) is 5.83. The summed E-state index contributed by atoms with van der Waals surface area (Å²) in [7, 11) is 0. The van der Waals surface area contributed by atoms with Crippen LogP contribution in [-0.2, 0) is 0 Å². The first-order chi connectivity index (χ1) is 15.5. The fourth-order valence-corrected chi connectivity index (χ4v) is 4.35. The highest BCUT2D eigenvalue weighted by atomic mass is 32.1. The molecule has 7 nitrogen and oxygen atoms in total. The lowest BCUT2D eigenvalue weighted by Gasteiger charge is -2.12. The Labute approximate surface area is 191 Å². The summed E-state index contributed by atoms with van der Waals surface area (Å²) in [5, 5.41) is 8.52. The monoisotopic (exact) mass is 452 g/mol. The fourth-order valence-electron chi connectivity index (χ4n) is 3.55. The summed E-state index contributed by atoms with van der Waals surface area (Å²) in [6.45, 7) is 6.11. The first kappa shape index (κ1) is 22.2. The van der Waals surface area contributed by atoms with E-state index in [1.807, 2.05) is 45.0 Å². The summed E-state index contributed by atoms with van der Waals surface area (Å²) >= 11 is 1.42. The third kappa shape index (κ3) is 5.07. The lowest BCUT2D eigenvalue weighted by molar-refractivity contribution is 0.0905. The molecular formula is C24H28N4O3S. The van der Waals surface area contributed by atoms with E-state index in [4.69, 9.17) is 4.42 Å². The quantitative estimate of drug-likeness (QED) is 0.481. The standard InChI is InChI=1S/C24H28N4O3S/c1-4-18(5-2)27-22(30)20-12-25-23(31-20)16-7-6-8-17(11-16)24-28-19(13-32-24)21(29)26-14(3)15-9-10-15/h6-8,11-15,18H,4-5,9-10H2,1-3H3,(H,26,29)(H,27,30). The summed E-state index contributed by atoms with van der Waals surface area (Å²) in [5.41, 5.74) is 2.04. The maximum Gasteiger partial charge on any atom is 0.288 e. The van der Waals surface area contributed by atoms with Gasteiger partial charge in [-0.15, -0.1) is 11.3 Å². The Hall–Kier alpha value is -3.00. The van der Waals surface area contributed by atoms with Crippen molar-refractivity contribution in [1.29, 1.82) is 0 Å². The molecule has 2 N–H and O–H groups in total. The zero-order valence-corrected chi connectivity index (χ0v) is 19.4. The Bertz CT molecular complexity index is 1030. The molecule has 1 atom stereocenters. The van der Waals surface area contributed by atoms with Crippen molar-refractivity contribution in [3.63, 3.8) is 0 Å². The largest absolute Gasteiger partial charge is 0.431 e. The van der Waals surface area contributed by atoms with E-state index in [2.05, 4.69) is 20.6 Å². The molecule has 3 aromatic rings. The summed E-state index contributed by atoms with van der Waals surface area (Å²) in [6, 6.07) is 7.88. The van der Waals surface area contributed by atoms with Gasteiger partial charge in [-0.1, -0.05) is 26.0 Å². The van der Waals surface area contributed by atoms with Crippen LogP contribution in [0, 0.1) is 5.92 Å². The minimum Gasteiger partial charge on any atom is -0.431 e. The van der Waals surface area contributed by atoms with Crippen molar-refractivity contribution in [2.75, 3.05) is 0 Å². The molecule has 1 aliphatic rings. The van der Waals surface area contributed by atoms with E-state index < -0.39 is 0 Å². The molecule has 168 valence electrons. The van der Waals surface area contributed by atoms with Gasteiger partial charge in [-0.2, -0.15) is 0 Å². The molecular weight excluding hydrogens is 424 g/mol. The first-order valence-electron chi connectivity index (χ1n) is 11.1. The second kappa shape index (κ2) is 9.65. The summed E-state index contributed by atoms with van der Waals surface area (Å²) in [4.78, 5) is 33.7. The van der Waals surface area contributed by atoms with Gasteiger partial charge >= 0.3 is 0 Å². The molecule has 0 aliphatic heterocycles. The van der Waals surface area contributed by atoms with Crippen molar-refractivity contribution in [2.45, 2.75) is 58.5 Å². The van der Waals surface area contributed by atoms with Crippen molar-refractivity contribution < 1.29 is 14.0 Å². The van der Waals surface area contributed by atoms with Gasteiger partial charge in [-0.3, -0.25) is 9.59 Å². The number of amides is 2. The number of nitrogens with one attached hydrogen (secondary N) is 2. The lowest BCUT2D eigenvalue weighted by atomic mass is 10.1. The molecule has 1 aromatic carbocycles. The number of rotatable bonds is 9. The lowest BCUT2D eigenvalue weighted by Crippen LogP contribution is -2.34. The average Bonchev–Trinajstić information content (AvgIpc) is 3.33. The van der Waals surface area contributed by atoms with E-state index in [1.165, 1.54) is 30.4 Å². The van der Waals surface area contributed by atoms with Gasteiger partial charge < -0.3 is 15.1 Å². The molecule has 8 heteroatoms. The van der Waals surface area contributed by atoms with Crippen LogP contribution in [0.5, 0.6) is 0 Å². The van der Waals surface area contributed by atoms with Gasteiger partial charge in [0.25, 0.3) is 11.8 Å². The van der Waals surface area contributed by atoms with Crippen molar-refractivity contribution >= 4 is 23.2 Å². The highest BCUT2D eigenvalue weighted by Crippen LogP contribution is 2.33. The maximum absolute atomic E-state index is 12.5. The zero-order chi connectivity index (χ0) is 22.7. The molecule has 2 amide bonds. The summed E-state index contributed by atoms with van der Waals surface area (Å²) in [6.07, 6.45) is 5.53. The molecule has 0 bridgehead atoms. The molecule has 0 saturated heterocycles. The highest BCUT2D eigenvalue weighted by molar-refractivity contribution is 7.13. The molecule has 0 spiro atoms. The molecule has 1 aliphatic carbocycles. The van der Waals surface area contributed by atoms with Gasteiger partial charge in [0.05, 0.1) is 6.20 Å². The van der Waals surface area contributed by atoms with Gasteiger partial charge in [0.2, 0.25) is 11.7 Å². The Morgan fingerprint density at radius 2 is 1.91 bits per heavy atom. The van der Waals surface area contributed by atoms with Gasteiger partial charge in [0, 0.05) is 28.6 Å². The minimum atomic E-state index is -0.260. The second-order valence-corrected chi connectivity index (χ2v) is 9.09. The van der Waals surface area contributed by atoms with Crippen LogP contribution in [0.2, 0.25) is 0 Å². The maximum atomic E-state index is 12.5. The van der Waals surface area contributed by atoms with Crippen LogP contribution in [0.25, 0.3) is 22.0 Å². The number of benzene rings is 1. The first-order valence-corrected chi connectivity index (χ1v) is 12.0. The predicted octanol–water partition coefficient (Wildman–Crippen LogP) is 4.91. The minimum absolute atomic E-state index is 0.114. The van der Waals surface area contributed by atoms with E-state index >= 15 is 0 Å². The number of nitrogens with zero attached hydrogens (tertiary/aromatic N) is 2. The fraction of sp³-hybridized carbons (Fsp3) is 0.417. The van der Waals surface area contributed by atoms with Crippen molar-refractivity contribution in [3.05, 3.63) is 47.3 Å². The predicted molar refractivity (Wildman–Crippen MR) is 125 cm³/mol. The number of oxazole rings is 1. The van der Waals surface area contributed by atoms with E-state index in [-0.39, 0.29) is 29.7 Å². The van der Waals surface area contributed by atoms with Crippen LogP contribution in [0.3, 0.4) is 0 Å². The van der Waals surface area contributed by atoms with Crippen LogP contribution < -0.4 is 10.6 Å². The number of thiazole rings is 1. The summed E-state index contributed by atoms with van der Waals surface area (Å²) in [5.74, 6) is 0.759. The summed E-state index contributed by atoms with van der Waals surface area (Å²) < 4.78 is 5.72. The van der Waals surface area contributed by atoms with Crippen molar-refractivity contribution in [2.24, 2.45) is 5.92 Å². The smallest absolute Gasteiger partial charge is 0.288 e. The van der Waals surface area contributed by atoms with Crippen molar-refractivity contribution in [1.82, 2.24) is 20.6 Å². The average molecular weight is 453 g/mol. The van der Waals surface area contributed by atoms with E-state index in [0.717, 1.165) is 29.0 Å². The third-order valence-corrected chi connectivity index (χ3v) is 6.72. The van der Waals surface area contributed by atoms with E-state index in [9.17, 15) is 9.59 Å². The van der Waals surface area contributed by atoms with Gasteiger partial charge in [-0.05, 0) is 50.7 Å². The number of hydrogen-bond donors (Lipinski definition) is 2. The molecule has 2 heterocycles. The highest BCUT2D eigenvalue weighted by Gasteiger charge is 2.29. The van der Waals surface area contributed by atoms with Crippen LogP contribution >= 0.6 is 11.3 Å². The number of hydrogen-bond acceptors (Lipinski definition) is 6. The Balaban J connectivity index is 1.47. The molecule has 2 aromatic heterocycles. The molecule has 0 radical (unpaired) electrons. The van der Waals surface area contributed by atoms with Gasteiger partial charge in [0.1, 0.15) is 10.7 Å². The Kier molecular flexibility index (Phi) is 6.69. The number of aromatic nitrogens is 2. The van der Waals surface area contributed by atoms with E-state index in [1.54, 1.807) is 5.38 Å². The molecule has 1 unspecified atom stereocenters. The Morgan fingerprint density at radius 1 is 1.16 bits per heavy atom. The zero-order valence-electron chi connectivity index (χ0n) is 18.6. The number of carbonyl (C=O) groups excluding carboxylic acids is 2. The molecule has 32 heavy (non-hydrogen) atoms. The SMILES string of the molecule is CCC(CC)NC(=O)c1cnc(-c2cccc(-c3nc(C(=O)NC(C)C4CC4)cs3)c2)o1. The van der Waals surface area contributed by atoms with Crippen LogP contribution in [0.15, 0.2) is 40.3 Å².